The molecule has 2 atom stereocenters. The van der Waals surface area contributed by atoms with E-state index in [9.17, 15) is 5.11 Å². The normalized spacial score (nSPS) is 14.9. The van der Waals surface area contributed by atoms with E-state index < -0.39 is 23.7 Å². The molecule has 2 unspecified atom stereocenters. The highest BCUT2D eigenvalue weighted by molar-refractivity contribution is 7.10. The maximum atomic E-state index is 10.7. The van der Waals surface area contributed by atoms with Crippen LogP contribution in [-0.4, -0.2) is 28.8 Å². The van der Waals surface area contributed by atoms with Crippen LogP contribution in [0.2, 0.25) is 26.2 Å². The first-order chi connectivity index (χ1) is 19.9. The zero-order valence-electron chi connectivity index (χ0n) is 29.6. The van der Waals surface area contributed by atoms with E-state index in [1.807, 2.05) is 0 Å². The monoisotopic (exact) mass is 646 g/mol. The Morgan fingerprint density at radius 1 is 0.860 bits per heavy atom. The fraction of sp³-hybridized carbons (Fsp3) is 0.667. The fourth-order valence-corrected chi connectivity index (χ4v) is 8.52. The molecule has 0 aliphatic heterocycles. The Bertz CT molecular complexity index is 1150. The highest BCUT2D eigenvalue weighted by Crippen LogP contribution is 2.46. The van der Waals surface area contributed by atoms with E-state index in [1.54, 1.807) is 11.3 Å². The van der Waals surface area contributed by atoms with E-state index >= 15 is 0 Å². The van der Waals surface area contributed by atoms with E-state index in [2.05, 4.69) is 124 Å². The number of benzene rings is 1. The molecule has 0 aliphatic carbocycles. The van der Waals surface area contributed by atoms with Crippen LogP contribution in [0.3, 0.4) is 0 Å². The Hall–Kier alpha value is -1.23. The molecule has 1 aromatic carbocycles. The molecular weight excluding hydrogens is 585 g/mol. The van der Waals surface area contributed by atoms with Crippen molar-refractivity contribution in [3.8, 4) is 5.75 Å². The Morgan fingerprint density at radius 3 is 1.91 bits per heavy atom. The van der Waals surface area contributed by atoms with Gasteiger partial charge in [0.05, 0.1) is 17.8 Å². The summed E-state index contributed by atoms with van der Waals surface area (Å²) in [6.07, 6.45) is 6.54. The minimum absolute atomic E-state index is 0.00440. The van der Waals surface area contributed by atoms with Gasteiger partial charge in [0.25, 0.3) is 0 Å². The summed E-state index contributed by atoms with van der Waals surface area (Å²) in [6.45, 7) is 29.5. The number of rotatable bonds is 16. The number of hydrogen-bond acceptors (Lipinski definition) is 5. The third-order valence-corrected chi connectivity index (χ3v) is 10.7. The summed E-state index contributed by atoms with van der Waals surface area (Å²) in [5.41, 5.74) is 4.36. The first-order valence-corrected chi connectivity index (χ1v) is 22.9. The van der Waals surface area contributed by atoms with Gasteiger partial charge in [-0.2, -0.15) is 0 Å². The molecule has 0 saturated carbocycles. The standard InChI is InChI=1S/C36H62O4SSi2/c1-14-26(18-17-21-36(37,15-2)16-3)27-22-29(41-25-27)24-38-28-19-20-30(32(34(4,5)6)39-42(10)11)31(23-28)33(35(7,8)9)40-43(12)13/h18-20,22-23,25,32-33,37,42-43H,14-17,21,24H2,1-13H3/b26-18+. The first-order valence-electron chi connectivity index (χ1n) is 16.5. The van der Waals surface area contributed by atoms with Gasteiger partial charge in [-0.15, -0.1) is 11.3 Å². The summed E-state index contributed by atoms with van der Waals surface area (Å²) in [5.74, 6) is 0.871. The van der Waals surface area contributed by atoms with E-state index in [-0.39, 0.29) is 23.0 Å². The molecule has 0 aliphatic rings. The zero-order valence-corrected chi connectivity index (χ0v) is 32.7. The van der Waals surface area contributed by atoms with Crippen LogP contribution in [0.25, 0.3) is 5.57 Å². The van der Waals surface area contributed by atoms with Crippen molar-refractivity contribution < 1.29 is 18.7 Å². The van der Waals surface area contributed by atoms with Crippen molar-refractivity contribution >= 4 is 35.0 Å². The predicted octanol–water partition coefficient (Wildman–Crippen LogP) is 10.6. The number of aliphatic hydroxyl groups is 1. The third kappa shape index (κ3) is 11.6. The molecule has 7 heteroatoms. The minimum Gasteiger partial charge on any atom is -0.488 e. The molecule has 0 radical (unpaired) electrons. The van der Waals surface area contributed by atoms with Crippen LogP contribution in [0.15, 0.2) is 35.7 Å². The van der Waals surface area contributed by atoms with Gasteiger partial charge < -0.3 is 18.7 Å². The predicted molar refractivity (Wildman–Crippen MR) is 192 cm³/mol. The molecule has 0 spiro atoms. The average Bonchev–Trinajstić information content (AvgIpc) is 3.39. The van der Waals surface area contributed by atoms with Crippen LogP contribution in [0.5, 0.6) is 5.75 Å². The van der Waals surface area contributed by atoms with E-state index in [0.717, 1.165) is 37.9 Å². The fourth-order valence-electron chi connectivity index (χ4n) is 5.50. The van der Waals surface area contributed by atoms with Gasteiger partial charge in [0.1, 0.15) is 12.4 Å². The Kier molecular flexibility index (Phi) is 14.4. The lowest BCUT2D eigenvalue weighted by Gasteiger charge is -2.39. The molecule has 2 rings (SSSR count). The number of ether oxygens (including phenoxy) is 1. The summed E-state index contributed by atoms with van der Waals surface area (Å²) >= 11 is 1.75. The van der Waals surface area contributed by atoms with Crippen molar-refractivity contribution in [2.75, 3.05) is 0 Å². The van der Waals surface area contributed by atoms with E-state index in [4.69, 9.17) is 13.6 Å². The highest BCUT2D eigenvalue weighted by atomic mass is 32.1. The van der Waals surface area contributed by atoms with Crippen LogP contribution in [0.4, 0.5) is 0 Å². The molecule has 1 heterocycles. The topological polar surface area (TPSA) is 47.9 Å². The van der Waals surface area contributed by atoms with Gasteiger partial charge >= 0.3 is 0 Å². The molecule has 0 amide bonds. The van der Waals surface area contributed by atoms with Crippen molar-refractivity contribution in [3.05, 3.63) is 57.3 Å². The molecule has 0 bridgehead atoms. The lowest BCUT2D eigenvalue weighted by Crippen LogP contribution is -2.31. The molecule has 244 valence electrons. The summed E-state index contributed by atoms with van der Waals surface area (Å²) in [7, 11) is -2.62. The molecule has 2 aromatic rings. The van der Waals surface area contributed by atoms with Crippen LogP contribution in [0, 0.1) is 10.8 Å². The molecular formula is C36H62O4SSi2. The zero-order chi connectivity index (χ0) is 32.6. The van der Waals surface area contributed by atoms with Crippen molar-refractivity contribution in [1.82, 2.24) is 0 Å². The lowest BCUT2D eigenvalue weighted by molar-refractivity contribution is 0.0246. The van der Waals surface area contributed by atoms with Gasteiger partial charge in [-0.05, 0) is 115 Å². The van der Waals surface area contributed by atoms with Crippen LogP contribution in [0.1, 0.15) is 128 Å². The maximum absolute atomic E-state index is 10.7. The largest absolute Gasteiger partial charge is 0.488 e. The summed E-state index contributed by atoms with van der Waals surface area (Å²) in [5, 5.41) is 12.9. The van der Waals surface area contributed by atoms with Gasteiger partial charge in [0.2, 0.25) is 0 Å². The molecule has 1 aromatic heterocycles. The quantitative estimate of drug-likeness (QED) is 0.184. The molecule has 0 saturated heterocycles. The number of thiophene rings is 1. The van der Waals surface area contributed by atoms with E-state index in [1.165, 1.54) is 27.1 Å². The first kappa shape index (κ1) is 38.0. The maximum Gasteiger partial charge on any atom is 0.171 e. The second-order valence-corrected chi connectivity index (χ2v) is 20.5. The van der Waals surface area contributed by atoms with E-state index in [0.29, 0.717) is 6.61 Å². The molecule has 0 fully saturated rings. The minimum atomic E-state index is -1.32. The Labute approximate surface area is 271 Å². The number of allylic oxidation sites excluding steroid dienone is 2. The summed E-state index contributed by atoms with van der Waals surface area (Å²) in [6, 6.07) is 8.83. The van der Waals surface area contributed by atoms with Crippen LogP contribution < -0.4 is 4.74 Å². The van der Waals surface area contributed by atoms with Gasteiger partial charge in [-0.1, -0.05) is 74.5 Å². The molecule has 1 N–H and O–H groups in total. The van der Waals surface area contributed by atoms with Crippen molar-refractivity contribution in [2.24, 2.45) is 10.8 Å². The molecule has 4 nitrogen and oxygen atoms in total. The second kappa shape index (κ2) is 16.4. The second-order valence-electron chi connectivity index (χ2n) is 14.8. The van der Waals surface area contributed by atoms with Crippen LogP contribution in [-0.2, 0) is 15.5 Å². The van der Waals surface area contributed by atoms with Crippen molar-refractivity contribution in [1.29, 1.82) is 0 Å². The lowest BCUT2D eigenvalue weighted by atomic mass is 9.77. The summed E-state index contributed by atoms with van der Waals surface area (Å²) < 4.78 is 19.9. The Balaban J connectivity index is 2.38. The van der Waals surface area contributed by atoms with Gasteiger partial charge in [-0.25, -0.2) is 0 Å². The van der Waals surface area contributed by atoms with Crippen molar-refractivity contribution in [2.45, 2.75) is 145 Å². The highest BCUT2D eigenvalue weighted by Gasteiger charge is 2.36. The SMILES string of the molecule is CC/C(=C\CCC(O)(CC)CC)c1csc(COc2ccc(C(O[SiH](C)C)C(C)(C)C)c(C(O[SiH](C)C)C(C)(C)C)c2)c1. The summed E-state index contributed by atoms with van der Waals surface area (Å²) in [4.78, 5) is 1.21. The van der Waals surface area contributed by atoms with Gasteiger partial charge in [-0.3, -0.25) is 0 Å². The third-order valence-electron chi connectivity index (χ3n) is 8.12. The smallest absolute Gasteiger partial charge is 0.171 e. The van der Waals surface area contributed by atoms with Crippen molar-refractivity contribution in [3.63, 3.8) is 0 Å². The van der Waals surface area contributed by atoms with Gasteiger partial charge in [0, 0.05) is 4.88 Å². The van der Waals surface area contributed by atoms with Gasteiger partial charge in [0.15, 0.2) is 18.1 Å². The van der Waals surface area contributed by atoms with Crippen LogP contribution >= 0.6 is 11.3 Å². The Morgan fingerprint density at radius 2 is 1.42 bits per heavy atom. The number of hydrogen-bond donors (Lipinski definition) is 1. The average molecular weight is 647 g/mol. The molecule has 43 heavy (non-hydrogen) atoms.